The van der Waals surface area contributed by atoms with E-state index >= 15 is 0 Å². The van der Waals surface area contributed by atoms with E-state index in [2.05, 4.69) is 0 Å². The highest BCUT2D eigenvalue weighted by Crippen LogP contribution is 2.39. The quantitative estimate of drug-likeness (QED) is 0.238. The molecule has 0 aromatic heterocycles. The van der Waals surface area contributed by atoms with Crippen molar-refractivity contribution in [1.29, 1.82) is 0 Å². The van der Waals surface area contributed by atoms with Crippen LogP contribution in [0.3, 0.4) is 0 Å². The Kier molecular flexibility index (Phi) is 5.50. The minimum Gasteiger partial charge on any atom is -0.551 e. The van der Waals surface area contributed by atoms with E-state index in [1.165, 1.54) is 18.2 Å². The van der Waals surface area contributed by atoms with Crippen molar-refractivity contribution in [2.45, 2.75) is 12.4 Å². The molecule has 0 radical (unpaired) electrons. The van der Waals surface area contributed by atoms with Crippen molar-refractivity contribution < 1.29 is 31.0 Å². The number of anilines is 3. The topological polar surface area (TPSA) is 12.5 Å². The lowest BCUT2D eigenvalue weighted by molar-refractivity contribution is -0.138. The molecule has 1 heterocycles. The molecule has 2 nitrogen and oxygen atoms in total. The first-order chi connectivity index (χ1) is 16.6. The van der Waals surface area contributed by atoms with Gasteiger partial charge in [-0.2, -0.15) is 26.3 Å². The van der Waals surface area contributed by atoms with E-state index in [0.29, 0.717) is 28.3 Å². The SMILES string of the molecule is FC(F)(F)c1ccc(N2c3ccccc3B(Oc3ccccc3)c3cc(C(F)(F)F)ccc32)cc1. The van der Waals surface area contributed by atoms with E-state index in [9.17, 15) is 26.3 Å². The number of hydrogen-bond donors (Lipinski definition) is 0. The molecule has 1 aliphatic heterocycles. The first kappa shape index (κ1) is 22.9. The molecule has 0 atom stereocenters. The van der Waals surface area contributed by atoms with Gasteiger partial charge in [-0.25, -0.2) is 0 Å². The van der Waals surface area contributed by atoms with Crippen LogP contribution in [0.5, 0.6) is 5.75 Å². The van der Waals surface area contributed by atoms with Gasteiger partial charge in [-0.15, -0.1) is 0 Å². The lowest BCUT2D eigenvalue weighted by atomic mass is 9.52. The van der Waals surface area contributed by atoms with Crippen LogP contribution in [0.25, 0.3) is 0 Å². The zero-order valence-corrected chi connectivity index (χ0v) is 17.9. The molecule has 1 aliphatic rings. The van der Waals surface area contributed by atoms with E-state index in [1.54, 1.807) is 59.5 Å². The number of halogens is 6. The van der Waals surface area contributed by atoms with Crippen molar-refractivity contribution in [2.24, 2.45) is 0 Å². The molecule has 5 rings (SSSR count). The minimum atomic E-state index is -4.58. The van der Waals surface area contributed by atoms with Crippen molar-refractivity contribution in [3.63, 3.8) is 0 Å². The molecule has 0 unspecified atom stereocenters. The van der Waals surface area contributed by atoms with Gasteiger partial charge in [-0.3, -0.25) is 0 Å². The third-order valence-electron chi connectivity index (χ3n) is 5.79. The Morgan fingerprint density at radius 1 is 0.571 bits per heavy atom. The summed E-state index contributed by atoms with van der Waals surface area (Å²) >= 11 is 0. The van der Waals surface area contributed by atoms with Crippen LogP contribution in [-0.2, 0) is 12.4 Å². The van der Waals surface area contributed by atoms with Gasteiger partial charge in [0.25, 0.3) is 0 Å². The summed E-state index contributed by atoms with van der Waals surface area (Å²) in [6, 6.07) is 23.6. The molecule has 0 saturated carbocycles. The van der Waals surface area contributed by atoms with E-state index < -0.39 is 30.4 Å². The van der Waals surface area contributed by atoms with Crippen molar-refractivity contribution in [3.05, 3.63) is 108 Å². The number of fused-ring (bicyclic) bond motifs is 2. The third-order valence-corrected chi connectivity index (χ3v) is 5.79. The summed E-state index contributed by atoms with van der Waals surface area (Å²) in [6.07, 6.45) is -9.09. The fourth-order valence-electron chi connectivity index (χ4n) is 4.19. The standard InChI is InChI=1S/C26H16BF6NO/c28-25(29,30)17-10-13-19(14-11-17)34-23-9-5-4-8-21(23)27(35-20-6-2-1-3-7-20)22-16-18(26(31,32)33)12-15-24(22)34/h1-16H. The van der Waals surface area contributed by atoms with Crippen molar-refractivity contribution in [2.75, 3.05) is 4.90 Å². The first-order valence-electron chi connectivity index (χ1n) is 10.6. The second kappa shape index (κ2) is 8.41. The maximum Gasteiger partial charge on any atom is 0.430 e. The van der Waals surface area contributed by atoms with E-state index in [-0.39, 0.29) is 5.46 Å². The maximum absolute atomic E-state index is 13.6. The van der Waals surface area contributed by atoms with Crippen LogP contribution in [0.2, 0.25) is 0 Å². The van der Waals surface area contributed by atoms with Gasteiger partial charge in [0, 0.05) is 17.1 Å². The molecule has 9 heteroatoms. The molecular weight excluding hydrogens is 467 g/mol. The van der Waals surface area contributed by atoms with Crippen LogP contribution in [0.4, 0.5) is 43.4 Å². The maximum atomic E-state index is 13.6. The second-order valence-electron chi connectivity index (χ2n) is 8.02. The zero-order chi connectivity index (χ0) is 24.8. The number of benzene rings is 4. The Labute approximate surface area is 197 Å². The predicted molar refractivity (Wildman–Crippen MR) is 123 cm³/mol. The lowest BCUT2D eigenvalue weighted by Gasteiger charge is -2.36. The van der Waals surface area contributed by atoms with Gasteiger partial charge in [0.1, 0.15) is 0 Å². The molecule has 0 N–H and O–H groups in total. The number of rotatable bonds is 3. The van der Waals surface area contributed by atoms with Crippen LogP contribution < -0.4 is 20.5 Å². The summed E-state index contributed by atoms with van der Waals surface area (Å²) in [5, 5.41) is 0. The molecule has 0 saturated heterocycles. The minimum absolute atomic E-state index is 0.252. The summed E-state index contributed by atoms with van der Waals surface area (Å²) in [6.45, 7) is -0.864. The highest BCUT2D eigenvalue weighted by atomic mass is 19.4. The van der Waals surface area contributed by atoms with Gasteiger partial charge in [0.05, 0.1) is 16.9 Å². The molecule has 4 aromatic carbocycles. The summed E-state index contributed by atoms with van der Waals surface area (Å²) in [5.41, 5.74) is 0.543. The average molecular weight is 483 g/mol. The Balaban J connectivity index is 1.70. The van der Waals surface area contributed by atoms with Gasteiger partial charge >= 0.3 is 19.3 Å². The molecule has 0 amide bonds. The normalized spacial score (nSPS) is 13.3. The van der Waals surface area contributed by atoms with Gasteiger partial charge in [0.2, 0.25) is 0 Å². The fourth-order valence-corrected chi connectivity index (χ4v) is 4.19. The van der Waals surface area contributed by atoms with Gasteiger partial charge < -0.3 is 9.55 Å². The van der Waals surface area contributed by atoms with Crippen LogP contribution >= 0.6 is 0 Å². The third kappa shape index (κ3) is 4.34. The van der Waals surface area contributed by atoms with Crippen molar-refractivity contribution in [1.82, 2.24) is 0 Å². The number of para-hydroxylation sites is 2. The fraction of sp³-hybridized carbons (Fsp3) is 0.0769. The van der Waals surface area contributed by atoms with Gasteiger partial charge in [-0.1, -0.05) is 36.4 Å². The number of hydrogen-bond acceptors (Lipinski definition) is 2. The van der Waals surface area contributed by atoms with Crippen LogP contribution in [0.15, 0.2) is 97.1 Å². The number of alkyl halides is 6. The highest BCUT2D eigenvalue weighted by molar-refractivity contribution is 6.84. The Morgan fingerprint density at radius 3 is 1.80 bits per heavy atom. The molecule has 0 spiro atoms. The highest BCUT2D eigenvalue weighted by Gasteiger charge is 2.40. The Bertz CT molecular complexity index is 1350. The summed E-state index contributed by atoms with van der Waals surface area (Å²) < 4.78 is 86.4. The second-order valence-corrected chi connectivity index (χ2v) is 8.02. The average Bonchev–Trinajstić information content (AvgIpc) is 2.83. The smallest absolute Gasteiger partial charge is 0.430 e. The molecule has 0 aliphatic carbocycles. The molecule has 35 heavy (non-hydrogen) atoms. The molecule has 0 bridgehead atoms. The molecule has 4 aromatic rings. The van der Waals surface area contributed by atoms with Crippen molar-refractivity contribution in [3.8, 4) is 5.75 Å². The van der Waals surface area contributed by atoms with Crippen LogP contribution in [0, 0.1) is 0 Å². The van der Waals surface area contributed by atoms with Crippen molar-refractivity contribution >= 4 is 34.9 Å². The molecule has 0 fully saturated rings. The summed E-state index contributed by atoms with van der Waals surface area (Å²) in [5.74, 6) is 0.471. The predicted octanol–water partition coefficient (Wildman–Crippen LogP) is 6.69. The van der Waals surface area contributed by atoms with E-state index in [1.807, 2.05) is 0 Å². The zero-order valence-electron chi connectivity index (χ0n) is 17.9. The molecular formula is C26H16BF6NO. The largest absolute Gasteiger partial charge is 0.551 e. The summed E-state index contributed by atoms with van der Waals surface area (Å²) in [4.78, 5) is 1.65. The monoisotopic (exact) mass is 483 g/mol. The van der Waals surface area contributed by atoms with E-state index in [0.717, 1.165) is 24.3 Å². The first-order valence-corrected chi connectivity index (χ1v) is 10.6. The lowest BCUT2D eigenvalue weighted by Crippen LogP contribution is -2.54. The number of nitrogens with zero attached hydrogens (tertiary/aromatic N) is 1. The van der Waals surface area contributed by atoms with Crippen LogP contribution in [0.1, 0.15) is 11.1 Å². The van der Waals surface area contributed by atoms with Crippen LogP contribution in [-0.4, -0.2) is 6.92 Å². The Hall–Kier alpha value is -3.88. The summed E-state index contributed by atoms with van der Waals surface area (Å²) in [7, 11) is 0. The van der Waals surface area contributed by atoms with Gasteiger partial charge in [-0.05, 0) is 71.6 Å². The van der Waals surface area contributed by atoms with E-state index in [4.69, 9.17) is 4.65 Å². The van der Waals surface area contributed by atoms with Gasteiger partial charge in [0.15, 0.2) is 0 Å². The Morgan fingerprint density at radius 2 is 1.14 bits per heavy atom. The molecule has 176 valence electrons.